The Kier molecular flexibility index (Phi) is 2.43. The van der Waals surface area contributed by atoms with Gasteiger partial charge in [0.1, 0.15) is 11.3 Å². The summed E-state index contributed by atoms with van der Waals surface area (Å²) >= 11 is 0. The van der Waals surface area contributed by atoms with Crippen LogP contribution in [0, 0.1) is 0 Å². The molecule has 3 aromatic rings. The van der Waals surface area contributed by atoms with Gasteiger partial charge in [-0.1, -0.05) is 18.7 Å². The topological polar surface area (TPSA) is 48.7 Å². The standard InChI is InChI=1S/C18H14O4/c1-10-18(2,3)22-14-9-8-12-15(19)11-6-4-5-7-13(11)21-16(12)17(14)20-10/h4-9H,1H2,2-3H3. The Labute approximate surface area is 126 Å². The van der Waals surface area contributed by atoms with Crippen LogP contribution in [0.2, 0.25) is 0 Å². The van der Waals surface area contributed by atoms with Crippen LogP contribution < -0.4 is 14.9 Å². The number of hydrogen-bond acceptors (Lipinski definition) is 4. The van der Waals surface area contributed by atoms with Crippen molar-refractivity contribution < 1.29 is 13.9 Å². The molecule has 2 heterocycles. The van der Waals surface area contributed by atoms with Crippen LogP contribution in [0.25, 0.3) is 21.9 Å². The highest BCUT2D eigenvalue weighted by atomic mass is 16.6. The molecule has 0 unspecified atom stereocenters. The largest absolute Gasteiger partial charge is 0.476 e. The van der Waals surface area contributed by atoms with Gasteiger partial charge >= 0.3 is 0 Å². The van der Waals surface area contributed by atoms with E-state index in [1.165, 1.54) is 0 Å². The second-order valence-electron chi connectivity index (χ2n) is 5.83. The molecule has 2 aromatic carbocycles. The van der Waals surface area contributed by atoms with E-state index in [1.54, 1.807) is 24.3 Å². The van der Waals surface area contributed by atoms with Crippen LogP contribution in [-0.2, 0) is 0 Å². The Hall–Kier alpha value is -2.75. The molecule has 1 aliphatic heterocycles. The first-order valence-electron chi connectivity index (χ1n) is 7.02. The predicted octanol–water partition coefficient (Wildman–Crippen LogP) is 4.01. The first-order chi connectivity index (χ1) is 10.5. The van der Waals surface area contributed by atoms with Gasteiger partial charge in [-0.15, -0.1) is 0 Å². The highest BCUT2D eigenvalue weighted by molar-refractivity contribution is 5.94. The average molecular weight is 294 g/mol. The van der Waals surface area contributed by atoms with Crippen LogP contribution in [0.15, 0.2) is 57.9 Å². The van der Waals surface area contributed by atoms with Crippen molar-refractivity contribution in [1.29, 1.82) is 0 Å². The second-order valence-corrected chi connectivity index (χ2v) is 5.83. The fraction of sp³-hybridized carbons (Fsp3) is 0.167. The maximum atomic E-state index is 12.6. The molecule has 0 N–H and O–H groups in total. The van der Waals surface area contributed by atoms with E-state index in [0.29, 0.717) is 39.2 Å². The molecule has 110 valence electrons. The summed E-state index contributed by atoms with van der Waals surface area (Å²) in [5.74, 6) is 1.43. The van der Waals surface area contributed by atoms with Crippen LogP contribution in [-0.4, -0.2) is 5.60 Å². The fourth-order valence-corrected chi connectivity index (χ4v) is 2.58. The van der Waals surface area contributed by atoms with Crippen molar-refractivity contribution in [2.75, 3.05) is 0 Å². The van der Waals surface area contributed by atoms with E-state index in [1.807, 2.05) is 26.0 Å². The Morgan fingerprint density at radius 1 is 1.05 bits per heavy atom. The molecular formula is C18H14O4. The van der Waals surface area contributed by atoms with Crippen LogP contribution in [0.5, 0.6) is 11.5 Å². The molecule has 0 bridgehead atoms. The summed E-state index contributed by atoms with van der Waals surface area (Å²) < 4.78 is 17.6. The normalized spacial score (nSPS) is 16.2. The Balaban J connectivity index is 2.11. The predicted molar refractivity (Wildman–Crippen MR) is 84.5 cm³/mol. The number of hydrogen-bond donors (Lipinski definition) is 0. The number of para-hydroxylation sites is 1. The molecular weight excluding hydrogens is 280 g/mol. The zero-order valence-electron chi connectivity index (χ0n) is 12.3. The summed E-state index contributed by atoms with van der Waals surface area (Å²) in [5.41, 5.74) is 0.196. The average Bonchev–Trinajstić information content (AvgIpc) is 2.49. The zero-order valence-corrected chi connectivity index (χ0v) is 12.3. The molecule has 0 spiro atoms. The molecule has 4 nitrogen and oxygen atoms in total. The van der Waals surface area contributed by atoms with Gasteiger partial charge in [-0.25, -0.2) is 0 Å². The maximum Gasteiger partial charge on any atom is 0.212 e. The molecule has 4 rings (SSSR count). The van der Waals surface area contributed by atoms with Gasteiger partial charge in [0.25, 0.3) is 0 Å². The quantitative estimate of drug-likeness (QED) is 0.588. The van der Waals surface area contributed by atoms with Gasteiger partial charge in [0.2, 0.25) is 11.2 Å². The molecule has 1 aliphatic rings. The van der Waals surface area contributed by atoms with Crippen molar-refractivity contribution in [3.05, 3.63) is 59.0 Å². The van der Waals surface area contributed by atoms with E-state index >= 15 is 0 Å². The number of benzene rings is 2. The Morgan fingerprint density at radius 3 is 2.64 bits per heavy atom. The van der Waals surface area contributed by atoms with Gasteiger partial charge in [0, 0.05) is 0 Å². The molecule has 0 saturated carbocycles. The van der Waals surface area contributed by atoms with Crippen LogP contribution in [0.4, 0.5) is 0 Å². The van der Waals surface area contributed by atoms with Crippen LogP contribution >= 0.6 is 0 Å². The monoisotopic (exact) mass is 294 g/mol. The van der Waals surface area contributed by atoms with Gasteiger partial charge in [-0.3, -0.25) is 4.79 Å². The van der Waals surface area contributed by atoms with Crippen molar-refractivity contribution in [2.24, 2.45) is 0 Å². The molecule has 0 amide bonds. The maximum absolute atomic E-state index is 12.6. The SMILES string of the molecule is C=C1Oc2c(ccc3c(=O)c4ccccc4oc23)OC1(C)C. The summed E-state index contributed by atoms with van der Waals surface area (Å²) in [5, 5.41) is 1.01. The van der Waals surface area contributed by atoms with Crippen molar-refractivity contribution >= 4 is 21.9 Å². The second kappa shape index (κ2) is 4.13. The van der Waals surface area contributed by atoms with E-state index in [2.05, 4.69) is 6.58 Å². The first kappa shape index (κ1) is 13.0. The Morgan fingerprint density at radius 2 is 1.82 bits per heavy atom. The fourth-order valence-electron chi connectivity index (χ4n) is 2.58. The summed E-state index contributed by atoms with van der Waals surface area (Å²) in [7, 11) is 0. The lowest BCUT2D eigenvalue weighted by Crippen LogP contribution is -2.36. The lowest BCUT2D eigenvalue weighted by Gasteiger charge is -2.33. The zero-order chi connectivity index (χ0) is 15.5. The highest BCUT2D eigenvalue weighted by Crippen LogP contribution is 2.44. The molecule has 0 radical (unpaired) electrons. The van der Waals surface area contributed by atoms with Gasteiger partial charge in [0.15, 0.2) is 16.9 Å². The molecule has 0 aliphatic carbocycles. The van der Waals surface area contributed by atoms with Gasteiger partial charge < -0.3 is 13.9 Å². The number of fused-ring (bicyclic) bond motifs is 4. The molecule has 22 heavy (non-hydrogen) atoms. The summed E-state index contributed by atoms with van der Waals surface area (Å²) in [6, 6.07) is 10.6. The van der Waals surface area contributed by atoms with Gasteiger partial charge in [-0.2, -0.15) is 0 Å². The van der Waals surface area contributed by atoms with E-state index in [9.17, 15) is 4.79 Å². The van der Waals surface area contributed by atoms with Crippen molar-refractivity contribution in [3.63, 3.8) is 0 Å². The van der Waals surface area contributed by atoms with Crippen LogP contribution in [0.1, 0.15) is 13.8 Å². The van der Waals surface area contributed by atoms with Gasteiger partial charge in [-0.05, 0) is 38.1 Å². The van der Waals surface area contributed by atoms with Crippen LogP contribution in [0.3, 0.4) is 0 Å². The summed E-state index contributed by atoms with van der Waals surface area (Å²) in [4.78, 5) is 12.6. The lowest BCUT2D eigenvalue weighted by atomic mass is 10.1. The summed E-state index contributed by atoms with van der Waals surface area (Å²) in [6.45, 7) is 7.64. The minimum atomic E-state index is -0.627. The molecule has 0 fully saturated rings. The van der Waals surface area contributed by atoms with E-state index < -0.39 is 5.60 Å². The first-order valence-corrected chi connectivity index (χ1v) is 7.02. The van der Waals surface area contributed by atoms with E-state index in [4.69, 9.17) is 13.9 Å². The highest BCUT2D eigenvalue weighted by Gasteiger charge is 2.34. The smallest absolute Gasteiger partial charge is 0.212 e. The third kappa shape index (κ3) is 1.67. The number of rotatable bonds is 0. The van der Waals surface area contributed by atoms with E-state index in [0.717, 1.165) is 0 Å². The third-order valence-electron chi connectivity index (χ3n) is 3.93. The molecule has 0 atom stereocenters. The summed E-state index contributed by atoms with van der Waals surface area (Å²) in [6.07, 6.45) is 0. The van der Waals surface area contributed by atoms with Crippen molar-refractivity contribution in [2.45, 2.75) is 19.4 Å². The minimum Gasteiger partial charge on any atom is -0.476 e. The van der Waals surface area contributed by atoms with E-state index in [-0.39, 0.29) is 5.43 Å². The van der Waals surface area contributed by atoms with Crippen molar-refractivity contribution in [1.82, 2.24) is 0 Å². The van der Waals surface area contributed by atoms with Gasteiger partial charge in [0.05, 0.1) is 10.8 Å². The number of ether oxygens (including phenoxy) is 2. The third-order valence-corrected chi connectivity index (χ3v) is 3.93. The Bertz CT molecular complexity index is 995. The molecule has 0 saturated heterocycles. The molecule has 4 heteroatoms. The van der Waals surface area contributed by atoms with Crippen molar-refractivity contribution in [3.8, 4) is 11.5 Å². The molecule has 1 aromatic heterocycles. The minimum absolute atomic E-state index is 0.0845. The lowest BCUT2D eigenvalue weighted by molar-refractivity contribution is 0.0751.